The number of alkyl halides is 1. The fourth-order valence-corrected chi connectivity index (χ4v) is 2.36. The maximum Gasteiger partial charge on any atom is 0.255 e. The standard InChI is InChI=1S/C12H10Cl3NO/c1-6-7(2)12(17)16(11(6)15)8-3-4-9(13)10(14)5-8/h3-5,11H,1-2H3. The van der Waals surface area contributed by atoms with E-state index in [9.17, 15) is 4.79 Å². The van der Waals surface area contributed by atoms with E-state index >= 15 is 0 Å². The maximum atomic E-state index is 12.0. The van der Waals surface area contributed by atoms with E-state index in [1.807, 2.05) is 6.92 Å². The van der Waals surface area contributed by atoms with E-state index in [4.69, 9.17) is 34.8 Å². The van der Waals surface area contributed by atoms with Gasteiger partial charge in [-0.3, -0.25) is 9.69 Å². The zero-order chi connectivity index (χ0) is 12.7. The molecule has 0 fully saturated rings. The maximum absolute atomic E-state index is 12.0. The van der Waals surface area contributed by atoms with E-state index in [2.05, 4.69) is 0 Å². The SMILES string of the molecule is CC1=C(C)C(Cl)N(c2ccc(Cl)c(Cl)c2)C1=O. The van der Waals surface area contributed by atoms with Crippen molar-refractivity contribution in [3.8, 4) is 0 Å². The number of benzene rings is 1. The molecule has 17 heavy (non-hydrogen) atoms. The zero-order valence-electron chi connectivity index (χ0n) is 9.30. The molecule has 1 aliphatic rings. The monoisotopic (exact) mass is 289 g/mol. The van der Waals surface area contributed by atoms with Crippen molar-refractivity contribution in [3.05, 3.63) is 39.4 Å². The molecule has 90 valence electrons. The number of anilines is 1. The third kappa shape index (κ3) is 2.05. The minimum atomic E-state index is -0.459. The van der Waals surface area contributed by atoms with E-state index in [0.29, 0.717) is 21.3 Å². The van der Waals surface area contributed by atoms with Gasteiger partial charge in [-0.05, 0) is 37.6 Å². The van der Waals surface area contributed by atoms with Gasteiger partial charge in [-0.2, -0.15) is 0 Å². The van der Waals surface area contributed by atoms with Crippen LogP contribution in [0.1, 0.15) is 13.8 Å². The van der Waals surface area contributed by atoms with Gasteiger partial charge in [-0.15, -0.1) is 0 Å². The van der Waals surface area contributed by atoms with Gasteiger partial charge in [0, 0.05) is 11.3 Å². The molecule has 0 saturated heterocycles. The molecular weight excluding hydrogens is 280 g/mol. The van der Waals surface area contributed by atoms with Crippen molar-refractivity contribution in [3.63, 3.8) is 0 Å². The molecule has 1 atom stereocenters. The average Bonchev–Trinajstić information content (AvgIpc) is 2.48. The van der Waals surface area contributed by atoms with Crippen LogP contribution in [-0.4, -0.2) is 11.4 Å². The highest BCUT2D eigenvalue weighted by Crippen LogP contribution is 2.35. The number of hydrogen-bond donors (Lipinski definition) is 0. The Morgan fingerprint density at radius 3 is 2.29 bits per heavy atom. The fourth-order valence-electron chi connectivity index (χ4n) is 1.71. The van der Waals surface area contributed by atoms with Crippen molar-refractivity contribution in [2.45, 2.75) is 19.3 Å². The molecule has 2 rings (SSSR count). The van der Waals surface area contributed by atoms with Crippen molar-refractivity contribution in [1.82, 2.24) is 0 Å². The summed E-state index contributed by atoms with van der Waals surface area (Å²) < 4.78 is 0. The van der Waals surface area contributed by atoms with E-state index in [-0.39, 0.29) is 5.91 Å². The Bertz CT molecular complexity index is 524. The number of halogens is 3. The third-order valence-corrected chi connectivity index (χ3v) is 4.16. The fraction of sp³-hybridized carbons (Fsp3) is 0.250. The first kappa shape index (κ1) is 12.7. The number of carbonyl (C=O) groups excluding carboxylic acids is 1. The van der Waals surface area contributed by atoms with Gasteiger partial charge < -0.3 is 0 Å². The third-order valence-electron chi connectivity index (χ3n) is 2.90. The van der Waals surface area contributed by atoms with Gasteiger partial charge in [0.2, 0.25) is 0 Å². The summed E-state index contributed by atoms with van der Waals surface area (Å²) in [5.74, 6) is -0.0964. The summed E-state index contributed by atoms with van der Waals surface area (Å²) in [4.78, 5) is 13.5. The lowest BCUT2D eigenvalue weighted by molar-refractivity contribution is -0.114. The van der Waals surface area contributed by atoms with Gasteiger partial charge in [-0.25, -0.2) is 0 Å². The van der Waals surface area contributed by atoms with Crippen LogP contribution in [0, 0.1) is 0 Å². The van der Waals surface area contributed by atoms with Gasteiger partial charge in [0.25, 0.3) is 5.91 Å². The van der Waals surface area contributed by atoms with E-state index in [1.54, 1.807) is 25.1 Å². The summed E-state index contributed by atoms with van der Waals surface area (Å²) in [5.41, 5.74) is 1.74. The Hall–Kier alpha value is -0.700. The summed E-state index contributed by atoms with van der Waals surface area (Å²) in [5, 5.41) is 0.859. The molecule has 5 heteroatoms. The highest BCUT2D eigenvalue weighted by atomic mass is 35.5. The molecule has 0 aliphatic carbocycles. The Labute approximate surface area is 115 Å². The van der Waals surface area contributed by atoms with Gasteiger partial charge in [0.15, 0.2) is 0 Å². The topological polar surface area (TPSA) is 20.3 Å². The first-order chi connectivity index (χ1) is 7.93. The van der Waals surface area contributed by atoms with Crippen molar-refractivity contribution in [1.29, 1.82) is 0 Å². The van der Waals surface area contributed by atoms with Gasteiger partial charge in [-0.1, -0.05) is 34.8 Å². The van der Waals surface area contributed by atoms with Gasteiger partial charge in [0.1, 0.15) is 5.50 Å². The highest BCUT2D eigenvalue weighted by Gasteiger charge is 2.34. The van der Waals surface area contributed by atoms with Crippen LogP contribution in [0.5, 0.6) is 0 Å². The quantitative estimate of drug-likeness (QED) is 0.559. The molecule has 0 aromatic heterocycles. The largest absolute Gasteiger partial charge is 0.288 e. The molecule has 1 heterocycles. The number of amides is 1. The van der Waals surface area contributed by atoms with E-state index < -0.39 is 5.50 Å². The Morgan fingerprint density at radius 2 is 1.82 bits per heavy atom. The molecule has 0 N–H and O–H groups in total. The molecule has 0 radical (unpaired) electrons. The van der Waals surface area contributed by atoms with Gasteiger partial charge >= 0.3 is 0 Å². The second kappa shape index (κ2) is 4.52. The lowest BCUT2D eigenvalue weighted by atomic mass is 10.2. The lowest BCUT2D eigenvalue weighted by Crippen LogP contribution is -2.31. The van der Waals surface area contributed by atoms with Crippen LogP contribution in [-0.2, 0) is 4.79 Å². The Balaban J connectivity index is 2.43. The van der Waals surface area contributed by atoms with Crippen molar-refractivity contribution in [2.24, 2.45) is 0 Å². The van der Waals surface area contributed by atoms with Crippen LogP contribution in [0.25, 0.3) is 0 Å². The first-order valence-corrected chi connectivity index (χ1v) is 6.22. The molecule has 1 amide bonds. The molecule has 2 nitrogen and oxygen atoms in total. The number of hydrogen-bond acceptors (Lipinski definition) is 1. The molecule has 1 unspecified atom stereocenters. The minimum Gasteiger partial charge on any atom is -0.288 e. The summed E-state index contributed by atoms with van der Waals surface area (Å²) in [6, 6.07) is 5.02. The number of nitrogens with zero attached hydrogens (tertiary/aromatic N) is 1. The Morgan fingerprint density at radius 1 is 1.18 bits per heavy atom. The lowest BCUT2D eigenvalue weighted by Gasteiger charge is -2.21. The predicted octanol–water partition coefficient (Wildman–Crippen LogP) is 4.24. The van der Waals surface area contributed by atoms with Crippen molar-refractivity contribution in [2.75, 3.05) is 4.90 Å². The number of carbonyl (C=O) groups is 1. The molecule has 0 bridgehead atoms. The smallest absolute Gasteiger partial charge is 0.255 e. The summed E-state index contributed by atoms with van der Waals surface area (Å²) in [6.45, 7) is 3.62. The van der Waals surface area contributed by atoms with Crippen molar-refractivity contribution < 1.29 is 4.79 Å². The highest BCUT2D eigenvalue weighted by molar-refractivity contribution is 6.42. The second-order valence-corrected chi connectivity index (χ2v) is 5.15. The van der Waals surface area contributed by atoms with Crippen LogP contribution < -0.4 is 4.90 Å². The number of rotatable bonds is 1. The Kier molecular flexibility index (Phi) is 3.39. The van der Waals surface area contributed by atoms with Crippen LogP contribution in [0.3, 0.4) is 0 Å². The van der Waals surface area contributed by atoms with Crippen LogP contribution in [0.2, 0.25) is 10.0 Å². The average molecular weight is 291 g/mol. The predicted molar refractivity (Wildman–Crippen MR) is 72.0 cm³/mol. The van der Waals surface area contributed by atoms with Crippen LogP contribution >= 0.6 is 34.8 Å². The van der Waals surface area contributed by atoms with Crippen molar-refractivity contribution >= 4 is 46.4 Å². The van der Waals surface area contributed by atoms with E-state index in [1.165, 1.54) is 4.90 Å². The normalized spacial score (nSPS) is 20.4. The molecule has 1 aliphatic heterocycles. The van der Waals surface area contributed by atoms with Crippen LogP contribution in [0.4, 0.5) is 5.69 Å². The minimum absolute atomic E-state index is 0.0964. The molecular formula is C12H10Cl3NO. The molecule has 0 saturated carbocycles. The molecule has 1 aromatic carbocycles. The summed E-state index contributed by atoms with van der Waals surface area (Å²) in [6.07, 6.45) is 0. The van der Waals surface area contributed by atoms with Crippen LogP contribution in [0.15, 0.2) is 29.3 Å². The summed E-state index contributed by atoms with van der Waals surface area (Å²) >= 11 is 18.0. The molecule has 0 spiro atoms. The van der Waals surface area contributed by atoms with Gasteiger partial charge in [0.05, 0.1) is 10.0 Å². The molecule has 1 aromatic rings. The first-order valence-electron chi connectivity index (χ1n) is 5.03. The zero-order valence-corrected chi connectivity index (χ0v) is 11.6. The second-order valence-electron chi connectivity index (χ2n) is 3.92. The van der Waals surface area contributed by atoms with E-state index in [0.717, 1.165) is 5.57 Å². The summed E-state index contributed by atoms with van der Waals surface area (Å²) in [7, 11) is 0.